The van der Waals surface area contributed by atoms with Crippen molar-refractivity contribution in [3.05, 3.63) is 0 Å². The van der Waals surface area contributed by atoms with Gasteiger partial charge in [-0.3, -0.25) is 0 Å². The SMILES string of the molecule is CC.CC(C)CCCC(C)(C)C.CCC.CCC.CCCC. The van der Waals surface area contributed by atoms with Crippen molar-refractivity contribution < 1.29 is 0 Å². The first-order valence-corrected chi connectivity index (χ1v) is 10.2. The zero-order valence-electron chi connectivity index (χ0n) is 19.0. The van der Waals surface area contributed by atoms with Gasteiger partial charge in [0.15, 0.2) is 0 Å². The standard InChI is InChI=1S/C10H22.C4H10.2C3H8.C2H6/c1-9(2)7-6-8-10(3,4)5;1-3-4-2;2*1-3-2;1-2/h9H,6-8H2,1-5H3;3-4H2,1-2H3;2*3H2,1-2H3;1-2H3. The summed E-state index contributed by atoms with van der Waals surface area (Å²) in [5, 5.41) is 0. The molecule has 0 spiro atoms. The molecule has 0 bridgehead atoms. The van der Waals surface area contributed by atoms with E-state index in [2.05, 4.69) is 76.2 Å². The van der Waals surface area contributed by atoms with Gasteiger partial charge in [0.1, 0.15) is 0 Å². The predicted molar refractivity (Wildman–Crippen MR) is 112 cm³/mol. The van der Waals surface area contributed by atoms with Crippen LogP contribution in [0, 0.1) is 11.3 Å². The Kier molecular flexibility index (Phi) is 50.1. The maximum absolute atomic E-state index is 2.31. The molecule has 0 saturated heterocycles. The van der Waals surface area contributed by atoms with E-state index in [1.54, 1.807) is 0 Å². The Labute approximate surface area is 146 Å². The molecule has 0 aromatic rings. The average Bonchev–Trinajstić information content (AvgIpc) is 2.41. The summed E-state index contributed by atoms with van der Waals surface area (Å²) >= 11 is 0. The third kappa shape index (κ3) is 113. The topological polar surface area (TPSA) is 0 Å². The lowest BCUT2D eigenvalue weighted by Crippen LogP contribution is -2.04. The summed E-state index contributed by atoms with van der Waals surface area (Å²) in [6.07, 6.45) is 9.28. The van der Waals surface area contributed by atoms with Gasteiger partial charge >= 0.3 is 0 Å². The number of hydrogen-bond donors (Lipinski definition) is 0. The van der Waals surface area contributed by atoms with E-state index in [1.165, 1.54) is 44.9 Å². The van der Waals surface area contributed by atoms with Gasteiger partial charge in [0.25, 0.3) is 0 Å². The van der Waals surface area contributed by atoms with Gasteiger partial charge in [-0.15, -0.1) is 0 Å². The van der Waals surface area contributed by atoms with Crippen LogP contribution in [0.2, 0.25) is 0 Å². The van der Waals surface area contributed by atoms with Gasteiger partial charge in [-0.25, -0.2) is 0 Å². The van der Waals surface area contributed by atoms with Gasteiger partial charge in [-0.2, -0.15) is 0 Å². The normalized spacial score (nSPS) is 9.00. The number of hydrogen-bond acceptors (Lipinski definition) is 0. The van der Waals surface area contributed by atoms with Gasteiger partial charge in [-0.1, -0.05) is 129 Å². The van der Waals surface area contributed by atoms with E-state index in [0.29, 0.717) is 5.41 Å². The third-order valence-corrected chi connectivity index (χ3v) is 2.21. The average molecular weight is 319 g/mol. The Hall–Kier alpha value is 0. The maximum atomic E-state index is 2.31. The second kappa shape index (κ2) is 32.8. The van der Waals surface area contributed by atoms with E-state index >= 15 is 0 Å². The summed E-state index contributed by atoms with van der Waals surface area (Å²) in [6.45, 7) is 28.4. The predicted octanol–water partition coefficient (Wildman–Crippen LogP) is 9.52. The van der Waals surface area contributed by atoms with Gasteiger partial charge < -0.3 is 0 Å². The van der Waals surface area contributed by atoms with Crippen LogP contribution < -0.4 is 0 Å². The van der Waals surface area contributed by atoms with Gasteiger partial charge in [0.05, 0.1) is 0 Å². The fraction of sp³-hybridized carbons (Fsp3) is 1.00. The first-order chi connectivity index (χ1) is 10.2. The summed E-state index contributed by atoms with van der Waals surface area (Å²) in [6, 6.07) is 0. The summed E-state index contributed by atoms with van der Waals surface area (Å²) in [5.74, 6) is 0.877. The Morgan fingerprint density at radius 3 is 1.09 bits per heavy atom. The molecular weight excluding hydrogens is 264 g/mol. The summed E-state index contributed by atoms with van der Waals surface area (Å²) in [7, 11) is 0. The fourth-order valence-electron chi connectivity index (χ4n) is 1.04. The van der Waals surface area contributed by atoms with Gasteiger partial charge in [-0.05, 0) is 17.8 Å². The Morgan fingerprint density at radius 2 is 0.955 bits per heavy atom. The van der Waals surface area contributed by atoms with E-state index < -0.39 is 0 Å². The minimum Gasteiger partial charge on any atom is -0.0683 e. The smallest absolute Gasteiger partial charge is 0.0383 e. The zero-order valence-corrected chi connectivity index (χ0v) is 19.0. The maximum Gasteiger partial charge on any atom is -0.0383 e. The Bertz CT molecular complexity index is 112. The van der Waals surface area contributed by atoms with E-state index in [4.69, 9.17) is 0 Å². The second-order valence-corrected chi connectivity index (χ2v) is 7.26. The molecule has 0 radical (unpaired) electrons. The molecule has 0 aliphatic rings. The molecule has 0 heteroatoms. The number of unbranched alkanes of at least 4 members (excludes halogenated alkanes) is 1. The van der Waals surface area contributed by atoms with E-state index in [-0.39, 0.29) is 0 Å². The highest BCUT2D eigenvalue weighted by Gasteiger charge is 2.09. The molecule has 0 fully saturated rings. The first-order valence-electron chi connectivity index (χ1n) is 10.2. The third-order valence-electron chi connectivity index (χ3n) is 2.21. The molecule has 0 aromatic heterocycles. The summed E-state index contributed by atoms with van der Waals surface area (Å²) in [5.41, 5.74) is 0.537. The highest BCUT2D eigenvalue weighted by molar-refractivity contribution is 4.61. The van der Waals surface area contributed by atoms with Crippen LogP contribution in [0.25, 0.3) is 0 Å². The van der Waals surface area contributed by atoms with Crippen LogP contribution in [0.1, 0.15) is 135 Å². The molecule has 0 atom stereocenters. The van der Waals surface area contributed by atoms with Crippen LogP contribution in [0.15, 0.2) is 0 Å². The minimum absolute atomic E-state index is 0.537. The van der Waals surface area contributed by atoms with Crippen molar-refractivity contribution in [3.63, 3.8) is 0 Å². The molecular formula is C22H54. The lowest BCUT2D eigenvalue weighted by atomic mass is 9.88. The highest BCUT2D eigenvalue weighted by Crippen LogP contribution is 2.22. The van der Waals surface area contributed by atoms with Crippen molar-refractivity contribution in [2.24, 2.45) is 11.3 Å². The first kappa shape index (κ1) is 33.6. The lowest BCUT2D eigenvalue weighted by Gasteiger charge is -2.18. The van der Waals surface area contributed by atoms with Crippen molar-refractivity contribution in [3.8, 4) is 0 Å². The van der Waals surface area contributed by atoms with Crippen LogP contribution >= 0.6 is 0 Å². The van der Waals surface area contributed by atoms with E-state index in [9.17, 15) is 0 Å². The molecule has 142 valence electrons. The van der Waals surface area contributed by atoms with Crippen LogP contribution in [-0.4, -0.2) is 0 Å². The molecule has 0 aliphatic heterocycles. The van der Waals surface area contributed by atoms with Crippen LogP contribution in [0.5, 0.6) is 0 Å². The molecule has 0 amide bonds. The highest BCUT2D eigenvalue weighted by atomic mass is 14.1. The Balaban J connectivity index is -0.0000000667. The van der Waals surface area contributed by atoms with Gasteiger partial charge in [0.2, 0.25) is 0 Å². The van der Waals surface area contributed by atoms with Crippen LogP contribution in [0.3, 0.4) is 0 Å². The summed E-state index contributed by atoms with van der Waals surface area (Å²) < 4.78 is 0. The van der Waals surface area contributed by atoms with E-state index in [0.717, 1.165) is 5.92 Å². The zero-order chi connectivity index (χ0) is 19.0. The van der Waals surface area contributed by atoms with Crippen molar-refractivity contribution in [2.75, 3.05) is 0 Å². The Morgan fingerprint density at radius 1 is 0.682 bits per heavy atom. The molecule has 0 aromatic carbocycles. The van der Waals surface area contributed by atoms with E-state index in [1.807, 2.05) is 13.8 Å². The molecule has 0 saturated carbocycles. The van der Waals surface area contributed by atoms with Gasteiger partial charge in [0, 0.05) is 0 Å². The van der Waals surface area contributed by atoms with Crippen molar-refractivity contribution >= 4 is 0 Å². The summed E-state index contributed by atoms with van der Waals surface area (Å²) in [4.78, 5) is 0. The molecule has 22 heavy (non-hydrogen) atoms. The molecule has 0 heterocycles. The monoisotopic (exact) mass is 318 g/mol. The molecule has 0 unspecified atom stereocenters. The molecule has 0 N–H and O–H groups in total. The minimum atomic E-state index is 0.537. The van der Waals surface area contributed by atoms with Crippen molar-refractivity contribution in [2.45, 2.75) is 135 Å². The largest absolute Gasteiger partial charge is 0.0683 e. The molecule has 0 aliphatic carbocycles. The van der Waals surface area contributed by atoms with Crippen LogP contribution in [-0.2, 0) is 0 Å². The fourth-order valence-corrected chi connectivity index (χ4v) is 1.04. The molecule has 0 rings (SSSR count). The van der Waals surface area contributed by atoms with Crippen molar-refractivity contribution in [1.82, 2.24) is 0 Å². The van der Waals surface area contributed by atoms with Crippen LogP contribution in [0.4, 0.5) is 0 Å². The quantitative estimate of drug-likeness (QED) is 0.484. The molecule has 0 nitrogen and oxygen atoms in total. The number of rotatable bonds is 4. The van der Waals surface area contributed by atoms with Crippen molar-refractivity contribution in [1.29, 1.82) is 0 Å². The second-order valence-electron chi connectivity index (χ2n) is 7.26. The lowest BCUT2D eigenvalue weighted by molar-refractivity contribution is 0.347.